The maximum Gasteiger partial charge on any atom is 0.160 e. The molecule has 3 rings (SSSR count). The Hall–Kier alpha value is -1.14. The van der Waals surface area contributed by atoms with Gasteiger partial charge < -0.3 is 4.57 Å². The number of nitrogens with zero attached hydrogens (tertiary/aromatic N) is 3. The molecule has 0 bridgehead atoms. The molecular weight excluding hydrogens is 310 g/mol. The maximum absolute atomic E-state index is 11.6. The Morgan fingerprint density at radius 1 is 1.38 bits per heavy atom. The summed E-state index contributed by atoms with van der Waals surface area (Å²) in [6.07, 6.45) is 2.96. The molecule has 3 heterocycles. The van der Waals surface area contributed by atoms with Crippen LogP contribution in [-0.4, -0.2) is 34.5 Å². The SMILES string of the molecule is Cc1ccnc2c1nc(C(C)Cl)n2C1CCS(=O)(=O)CC1. The quantitative estimate of drug-likeness (QED) is 0.796. The average Bonchev–Trinajstić information content (AvgIpc) is 2.80. The minimum atomic E-state index is -2.89. The normalized spacial score (nSPS) is 20.7. The van der Waals surface area contributed by atoms with Crippen molar-refractivity contribution in [3.8, 4) is 0 Å². The maximum atomic E-state index is 11.6. The van der Waals surface area contributed by atoms with Gasteiger partial charge in [0.1, 0.15) is 21.2 Å². The number of rotatable bonds is 2. The second-order valence-corrected chi connectivity index (χ2v) is 8.60. The first-order valence-corrected chi connectivity index (χ1v) is 9.33. The van der Waals surface area contributed by atoms with Gasteiger partial charge in [0.15, 0.2) is 5.65 Å². The minimum absolute atomic E-state index is 0.101. The molecule has 1 aliphatic heterocycles. The van der Waals surface area contributed by atoms with Crippen LogP contribution in [0.15, 0.2) is 12.3 Å². The second kappa shape index (κ2) is 5.25. The van der Waals surface area contributed by atoms with Crippen LogP contribution in [0.5, 0.6) is 0 Å². The summed E-state index contributed by atoms with van der Waals surface area (Å²) >= 11 is 6.28. The van der Waals surface area contributed by atoms with Crippen LogP contribution in [0.1, 0.15) is 42.6 Å². The lowest BCUT2D eigenvalue weighted by Crippen LogP contribution is -2.26. The summed E-state index contributed by atoms with van der Waals surface area (Å²) in [5.74, 6) is 1.22. The van der Waals surface area contributed by atoms with Crippen molar-refractivity contribution >= 4 is 32.6 Å². The number of fused-ring (bicyclic) bond motifs is 1. The molecule has 0 radical (unpaired) electrons. The second-order valence-electron chi connectivity index (χ2n) is 5.64. The Kier molecular flexibility index (Phi) is 3.69. The number of hydrogen-bond donors (Lipinski definition) is 0. The van der Waals surface area contributed by atoms with Gasteiger partial charge in [-0.05, 0) is 38.3 Å². The highest BCUT2D eigenvalue weighted by atomic mass is 35.5. The van der Waals surface area contributed by atoms with Crippen molar-refractivity contribution in [2.24, 2.45) is 0 Å². The van der Waals surface area contributed by atoms with E-state index in [1.54, 1.807) is 6.20 Å². The van der Waals surface area contributed by atoms with Gasteiger partial charge in [-0.2, -0.15) is 0 Å². The number of halogens is 1. The summed E-state index contributed by atoms with van der Waals surface area (Å²) in [5, 5.41) is -0.239. The van der Waals surface area contributed by atoms with E-state index < -0.39 is 9.84 Å². The molecular formula is C14H18ClN3O2S. The highest BCUT2D eigenvalue weighted by molar-refractivity contribution is 7.91. The van der Waals surface area contributed by atoms with Crippen molar-refractivity contribution in [1.29, 1.82) is 0 Å². The third-order valence-electron chi connectivity index (χ3n) is 4.05. The van der Waals surface area contributed by atoms with Crippen LogP contribution in [0.2, 0.25) is 0 Å². The van der Waals surface area contributed by atoms with Gasteiger partial charge in [-0.15, -0.1) is 11.6 Å². The van der Waals surface area contributed by atoms with Crippen LogP contribution in [-0.2, 0) is 9.84 Å². The van der Waals surface area contributed by atoms with E-state index in [2.05, 4.69) is 14.5 Å². The lowest BCUT2D eigenvalue weighted by atomic mass is 10.1. The number of hydrogen-bond acceptors (Lipinski definition) is 4. The molecule has 21 heavy (non-hydrogen) atoms. The number of imidazole rings is 1. The van der Waals surface area contributed by atoms with Crippen molar-refractivity contribution in [3.63, 3.8) is 0 Å². The molecule has 114 valence electrons. The monoisotopic (exact) mass is 327 g/mol. The smallest absolute Gasteiger partial charge is 0.160 e. The first kappa shape index (κ1) is 14.8. The highest BCUT2D eigenvalue weighted by Crippen LogP contribution is 2.33. The van der Waals surface area contributed by atoms with E-state index >= 15 is 0 Å². The first-order valence-electron chi connectivity index (χ1n) is 7.07. The van der Waals surface area contributed by atoms with Crippen molar-refractivity contribution in [2.75, 3.05) is 11.5 Å². The summed E-state index contributed by atoms with van der Waals surface area (Å²) in [6, 6.07) is 2.03. The number of aryl methyl sites for hydroxylation is 1. The van der Waals surface area contributed by atoms with Gasteiger partial charge in [0.25, 0.3) is 0 Å². The van der Waals surface area contributed by atoms with E-state index in [4.69, 9.17) is 11.6 Å². The molecule has 0 aliphatic carbocycles. The van der Waals surface area contributed by atoms with Crippen molar-refractivity contribution < 1.29 is 8.42 Å². The van der Waals surface area contributed by atoms with Crippen LogP contribution in [0.25, 0.3) is 11.2 Å². The Morgan fingerprint density at radius 2 is 2.05 bits per heavy atom. The molecule has 0 amide bonds. The molecule has 7 heteroatoms. The van der Waals surface area contributed by atoms with E-state index in [9.17, 15) is 8.42 Å². The molecule has 1 aliphatic rings. The Balaban J connectivity index is 2.12. The summed E-state index contributed by atoms with van der Waals surface area (Å²) < 4.78 is 25.3. The van der Waals surface area contributed by atoms with Gasteiger partial charge in [0.05, 0.1) is 16.9 Å². The van der Waals surface area contributed by atoms with Crippen molar-refractivity contribution in [3.05, 3.63) is 23.7 Å². The zero-order chi connectivity index (χ0) is 15.2. The lowest BCUT2D eigenvalue weighted by Gasteiger charge is -2.25. The van der Waals surface area contributed by atoms with Gasteiger partial charge in [-0.25, -0.2) is 18.4 Å². The zero-order valence-electron chi connectivity index (χ0n) is 12.1. The summed E-state index contributed by atoms with van der Waals surface area (Å²) in [4.78, 5) is 9.09. The van der Waals surface area contributed by atoms with Crippen molar-refractivity contribution in [2.45, 2.75) is 38.1 Å². The number of sulfone groups is 1. The van der Waals surface area contributed by atoms with E-state index in [0.717, 1.165) is 22.6 Å². The highest BCUT2D eigenvalue weighted by Gasteiger charge is 2.29. The lowest BCUT2D eigenvalue weighted by molar-refractivity contribution is 0.444. The fraction of sp³-hybridized carbons (Fsp3) is 0.571. The van der Waals surface area contributed by atoms with Gasteiger partial charge in [0, 0.05) is 12.2 Å². The molecule has 1 fully saturated rings. The fourth-order valence-corrected chi connectivity index (χ4v) is 4.52. The van der Waals surface area contributed by atoms with Gasteiger partial charge >= 0.3 is 0 Å². The Bertz CT molecular complexity index is 769. The molecule has 0 aromatic carbocycles. The van der Waals surface area contributed by atoms with Crippen LogP contribution in [0.3, 0.4) is 0 Å². The molecule has 2 aromatic rings. The van der Waals surface area contributed by atoms with Gasteiger partial charge in [0.2, 0.25) is 0 Å². The van der Waals surface area contributed by atoms with Crippen LogP contribution < -0.4 is 0 Å². The van der Waals surface area contributed by atoms with Crippen molar-refractivity contribution in [1.82, 2.24) is 14.5 Å². The van der Waals surface area contributed by atoms with Gasteiger partial charge in [-0.1, -0.05) is 0 Å². The molecule has 1 unspecified atom stereocenters. The predicted molar refractivity (Wildman–Crippen MR) is 83.5 cm³/mol. The fourth-order valence-electron chi connectivity index (χ4n) is 2.90. The van der Waals surface area contributed by atoms with E-state index in [1.165, 1.54) is 0 Å². The van der Waals surface area contributed by atoms with E-state index in [0.29, 0.717) is 12.8 Å². The molecule has 0 spiro atoms. The minimum Gasteiger partial charge on any atom is -0.308 e. The van der Waals surface area contributed by atoms with Crippen LogP contribution >= 0.6 is 11.6 Å². The number of pyridine rings is 1. The predicted octanol–water partition coefficient (Wildman–Crippen LogP) is 2.79. The molecule has 2 aromatic heterocycles. The Labute approximate surface area is 129 Å². The zero-order valence-corrected chi connectivity index (χ0v) is 13.7. The largest absolute Gasteiger partial charge is 0.308 e. The third kappa shape index (κ3) is 2.66. The van der Waals surface area contributed by atoms with Crippen LogP contribution in [0, 0.1) is 6.92 Å². The molecule has 0 saturated carbocycles. The third-order valence-corrected chi connectivity index (χ3v) is 5.96. The first-order chi connectivity index (χ1) is 9.89. The summed E-state index contributed by atoms with van der Waals surface area (Å²) in [6.45, 7) is 3.88. The topological polar surface area (TPSA) is 64.8 Å². The van der Waals surface area contributed by atoms with Crippen LogP contribution in [0.4, 0.5) is 0 Å². The summed E-state index contributed by atoms with van der Waals surface area (Å²) in [5.41, 5.74) is 2.72. The van der Waals surface area contributed by atoms with E-state index in [1.807, 2.05) is 19.9 Å². The Morgan fingerprint density at radius 3 is 2.67 bits per heavy atom. The van der Waals surface area contributed by atoms with Gasteiger partial charge in [-0.3, -0.25) is 0 Å². The standard InChI is InChI=1S/C14H18ClN3O2S/c1-9-3-6-16-14-12(9)17-13(10(2)15)18(14)11-4-7-21(19,20)8-5-11/h3,6,10-11H,4-5,7-8H2,1-2H3. The van der Waals surface area contributed by atoms with E-state index in [-0.39, 0.29) is 22.9 Å². The molecule has 5 nitrogen and oxygen atoms in total. The molecule has 1 saturated heterocycles. The number of alkyl halides is 1. The molecule has 0 N–H and O–H groups in total. The molecule has 1 atom stereocenters. The summed E-state index contributed by atoms with van der Waals surface area (Å²) in [7, 11) is -2.89. The average molecular weight is 328 g/mol. The number of aromatic nitrogens is 3.